The van der Waals surface area contributed by atoms with Gasteiger partial charge in [-0.2, -0.15) is 13.2 Å². The van der Waals surface area contributed by atoms with Gasteiger partial charge in [0.1, 0.15) is 5.75 Å². The summed E-state index contributed by atoms with van der Waals surface area (Å²) in [4.78, 5) is 12.1. The molecule has 4 nitrogen and oxygen atoms in total. The van der Waals surface area contributed by atoms with Crippen molar-refractivity contribution in [1.82, 2.24) is 0 Å². The van der Waals surface area contributed by atoms with Gasteiger partial charge in [0.2, 0.25) is 0 Å². The summed E-state index contributed by atoms with van der Waals surface area (Å²) in [6.07, 6.45) is -4.77. The number of halogens is 4. The van der Waals surface area contributed by atoms with Crippen LogP contribution in [0.2, 0.25) is 5.02 Å². The van der Waals surface area contributed by atoms with Crippen LogP contribution in [-0.2, 0) is 6.18 Å². The number of benzene rings is 2. The second kappa shape index (κ2) is 7.65. The zero-order valence-corrected chi connectivity index (χ0v) is 14.2. The molecule has 2 N–H and O–H groups in total. The molecular weight excluding hydrogens is 357 g/mol. The van der Waals surface area contributed by atoms with Gasteiger partial charge in [-0.05, 0) is 44.2 Å². The predicted molar refractivity (Wildman–Crippen MR) is 91.3 cm³/mol. The number of alkyl halides is 3. The van der Waals surface area contributed by atoms with Crippen LogP contribution in [0, 0.1) is 0 Å². The average molecular weight is 373 g/mol. The smallest absolute Gasteiger partial charge is 0.418 e. The monoisotopic (exact) mass is 372 g/mol. The molecule has 0 bridgehead atoms. The quantitative estimate of drug-likeness (QED) is 0.713. The van der Waals surface area contributed by atoms with Gasteiger partial charge in [-0.1, -0.05) is 23.7 Å². The average Bonchev–Trinajstić information content (AvgIpc) is 2.49. The topological polar surface area (TPSA) is 50.4 Å². The van der Waals surface area contributed by atoms with Gasteiger partial charge in [0, 0.05) is 5.02 Å². The fourth-order valence-electron chi connectivity index (χ4n) is 2.06. The van der Waals surface area contributed by atoms with E-state index >= 15 is 0 Å². The number of carbonyl (C=O) groups excluding carboxylic acids is 1. The molecule has 2 rings (SSSR count). The zero-order valence-electron chi connectivity index (χ0n) is 13.4. The summed E-state index contributed by atoms with van der Waals surface area (Å²) in [5.74, 6) is 0.416. The van der Waals surface area contributed by atoms with E-state index < -0.39 is 23.5 Å². The molecule has 0 aliphatic carbocycles. The van der Waals surface area contributed by atoms with Crippen LogP contribution in [0.5, 0.6) is 5.75 Å². The Morgan fingerprint density at radius 1 is 1.08 bits per heavy atom. The number of nitrogens with one attached hydrogen (secondary N) is 2. The SMILES string of the molecule is CC(C)Oc1ccccc1NC(=O)Nc1ccc(Cl)cc1C(F)(F)F. The molecule has 2 amide bonds. The molecule has 0 aliphatic rings. The second-order valence-electron chi connectivity index (χ2n) is 5.43. The lowest BCUT2D eigenvalue weighted by Gasteiger charge is -2.17. The summed E-state index contributed by atoms with van der Waals surface area (Å²) in [7, 11) is 0. The van der Waals surface area contributed by atoms with Crippen molar-refractivity contribution in [2.45, 2.75) is 26.1 Å². The van der Waals surface area contributed by atoms with Crippen molar-refractivity contribution < 1.29 is 22.7 Å². The maximum absolute atomic E-state index is 13.1. The Bertz CT molecular complexity index is 764. The van der Waals surface area contributed by atoms with Crippen molar-refractivity contribution in [2.24, 2.45) is 0 Å². The van der Waals surface area contributed by atoms with Crippen LogP contribution in [0.1, 0.15) is 19.4 Å². The lowest BCUT2D eigenvalue weighted by atomic mass is 10.1. The molecule has 0 radical (unpaired) electrons. The number of para-hydroxylation sites is 2. The lowest BCUT2D eigenvalue weighted by molar-refractivity contribution is -0.136. The molecule has 0 spiro atoms. The highest BCUT2D eigenvalue weighted by Gasteiger charge is 2.34. The molecule has 2 aromatic carbocycles. The largest absolute Gasteiger partial charge is 0.489 e. The summed E-state index contributed by atoms with van der Waals surface area (Å²) < 4.78 is 44.7. The summed E-state index contributed by atoms with van der Waals surface area (Å²) >= 11 is 5.61. The minimum atomic E-state index is -4.65. The van der Waals surface area contributed by atoms with Crippen molar-refractivity contribution in [3.05, 3.63) is 53.1 Å². The van der Waals surface area contributed by atoms with E-state index in [1.54, 1.807) is 24.3 Å². The Morgan fingerprint density at radius 3 is 2.36 bits per heavy atom. The Hall–Kier alpha value is -2.41. The van der Waals surface area contributed by atoms with Crippen molar-refractivity contribution in [1.29, 1.82) is 0 Å². The first-order valence-corrected chi connectivity index (χ1v) is 7.75. The molecule has 0 aromatic heterocycles. The van der Waals surface area contributed by atoms with E-state index in [1.807, 2.05) is 13.8 Å². The maximum Gasteiger partial charge on any atom is 0.418 e. The molecule has 0 atom stereocenters. The molecule has 0 saturated heterocycles. The molecular formula is C17H16ClF3N2O2. The first kappa shape index (κ1) is 18.9. The van der Waals surface area contributed by atoms with Gasteiger partial charge in [0.25, 0.3) is 0 Å². The van der Waals surface area contributed by atoms with Crippen LogP contribution in [0.3, 0.4) is 0 Å². The Kier molecular flexibility index (Phi) is 5.79. The third kappa shape index (κ3) is 5.29. The van der Waals surface area contributed by atoms with Crippen molar-refractivity contribution in [2.75, 3.05) is 10.6 Å². The van der Waals surface area contributed by atoms with E-state index in [4.69, 9.17) is 16.3 Å². The van der Waals surface area contributed by atoms with Crippen LogP contribution in [0.4, 0.5) is 29.3 Å². The molecule has 25 heavy (non-hydrogen) atoms. The van der Waals surface area contributed by atoms with E-state index in [0.717, 1.165) is 12.1 Å². The highest BCUT2D eigenvalue weighted by Crippen LogP contribution is 2.36. The van der Waals surface area contributed by atoms with E-state index in [9.17, 15) is 18.0 Å². The van der Waals surface area contributed by atoms with Crippen molar-refractivity contribution >= 4 is 29.0 Å². The molecule has 0 heterocycles. The van der Waals surface area contributed by atoms with Gasteiger partial charge in [0.15, 0.2) is 0 Å². The number of carbonyl (C=O) groups is 1. The fraction of sp³-hybridized carbons (Fsp3) is 0.235. The summed E-state index contributed by atoms with van der Waals surface area (Å²) in [6, 6.07) is 8.93. The number of ether oxygens (including phenoxy) is 1. The molecule has 0 unspecified atom stereocenters. The summed E-state index contributed by atoms with van der Waals surface area (Å²) in [5, 5.41) is 4.60. The molecule has 0 fully saturated rings. The van der Waals surface area contributed by atoms with Crippen molar-refractivity contribution in [3.63, 3.8) is 0 Å². The molecule has 134 valence electrons. The van der Waals surface area contributed by atoms with Crippen LogP contribution < -0.4 is 15.4 Å². The van der Waals surface area contributed by atoms with Crippen LogP contribution in [0.25, 0.3) is 0 Å². The van der Waals surface area contributed by atoms with Gasteiger partial charge in [-0.15, -0.1) is 0 Å². The lowest BCUT2D eigenvalue weighted by Crippen LogP contribution is -2.22. The highest BCUT2D eigenvalue weighted by atomic mass is 35.5. The van der Waals surface area contributed by atoms with E-state index in [1.165, 1.54) is 6.07 Å². The minimum absolute atomic E-state index is 0.0750. The third-order valence-electron chi connectivity index (χ3n) is 3.03. The Morgan fingerprint density at radius 2 is 1.72 bits per heavy atom. The Balaban J connectivity index is 2.20. The second-order valence-corrected chi connectivity index (χ2v) is 5.87. The van der Waals surface area contributed by atoms with Crippen molar-refractivity contribution in [3.8, 4) is 5.75 Å². The highest BCUT2D eigenvalue weighted by molar-refractivity contribution is 6.30. The number of anilines is 2. The number of amides is 2. The number of hydrogen-bond acceptors (Lipinski definition) is 2. The molecule has 0 aliphatic heterocycles. The fourth-order valence-corrected chi connectivity index (χ4v) is 2.23. The number of hydrogen-bond donors (Lipinski definition) is 2. The van der Waals surface area contributed by atoms with Crippen LogP contribution in [-0.4, -0.2) is 12.1 Å². The molecule has 0 saturated carbocycles. The zero-order chi connectivity index (χ0) is 18.6. The van der Waals surface area contributed by atoms with Gasteiger partial charge < -0.3 is 15.4 Å². The maximum atomic E-state index is 13.1. The van der Waals surface area contributed by atoms with E-state index in [0.29, 0.717) is 11.4 Å². The predicted octanol–water partition coefficient (Wildman–Crippen LogP) is 5.79. The Labute approximate surface area is 147 Å². The standard InChI is InChI=1S/C17H16ClF3N2O2/c1-10(2)25-15-6-4-3-5-14(15)23-16(24)22-13-8-7-11(18)9-12(13)17(19,20)21/h3-10H,1-2H3,(H2,22,23,24). The third-order valence-corrected chi connectivity index (χ3v) is 3.27. The number of urea groups is 1. The molecule has 8 heteroatoms. The normalized spacial score (nSPS) is 11.3. The number of rotatable bonds is 4. The summed E-state index contributed by atoms with van der Waals surface area (Å²) in [6.45, 7) is 3.64. The van der Waals surface area contributed by atoms with Gasteiger partial charge >= 0.3 is 12.2 Å². The van der Waals surface area contributed by atoms with Crippen LogP contribution >= 0.6 is 11.6 Å². The molecule has 2 aromatic rings. The first-order chi connectivity index (χ1) is 11.7. The van der Waals surface area contributed by atoms with Gasteiger partial charge in [-0.25, -0.2) is 4.79 Å². The summed E-state index contributed by atoms with van der Waals surface area (Å²) in [5.41, 5.74) is -1.07. The van der Waals surface area contributed by atoms with Gasteiger partial charge in [0.05, 0.1) is 23.0 Å². The van der Waals surface area contributed by atoms with E-state index in [-0.39, 0.29) is 11.1 Å². The van der Waals surface area contributed by atoms with Gasteiger partial charge in [-0.3, -0.25) is 0 Å². The van der Waals surface area contributed by atoms with Crippen LogP contribution in [0.15, 0.2) is 42.5 Å². The minimum Gasteiger partial charge on any atom is -0.489 e. The van der Waals surface area contributed by atoms with E-state index in [2.05, 4.69) is 10.6 Å². The first-order valence-electron chi connectivity index (χ1n) is 7.37.